The first-order valence-corrected chi connectivity index (χ1v) is 6.64. The number of hydrogen-bond donors (Lipinski definition) is 3. The molecular weight excluding hydrogens is 268 g/mol. The summed E-state index contributed by atoms with van der Waals surface area (Å²) in [6, 6.07) is 9.69. The third kappa shape index (κ3) is 3.45. The van der Waals surface area contributed by atoms with Crippen LogP contribution in [0.2, 0.25) is 0 Å². The number of nitrogens with two attached hydrogens (primary N) is 1. The van der Waals surface area contributed by atoms with E-state index in [1.54, 1.807) is 12.1 Å². The zero-order valence-corrected chi connectivity index (χ0v) is 12.0. The van der Waals surface area contributed by atoms with E-state index in [0.717, 1.165) is 11.3 Å². The number of ether oxygens (including phenoxy) is 1. The second kappa shape index (κ2) is 6.17. The first kappa shape index (κ1) is 14.7. The SMILES string of the molecule is CCOc1ccc(NC(=O)c2cc(O)ccc2N)c(C)c1. The van der Waals surface area contributed by atoms with Gasteiger partial charge in [-0.15, -0.1) is 0 Å². The molecule has 0 fully saturated rings. The minimum absolute atomic E-state index is 0.00207. The minimum atomic E-state index is -0.365. The molecule has 0 heterocycles. The second-order valence-corrected chi connectivity index (χ2v) is 4.64. The molecular formula is C16H18N2O3. The van der Waals surface area contributed by atoms with E-state index in [4.69, 9.17) is 10.5 Å². The van der Waals surface area contributed by atoms with Crippen LogP contribution in [0, 0.1) is 6.92 Å². The molecule has 0 aliphatic rings. The monoisotopic (exact) mass is 286 g/mol. The summed E-state index contributed by atoms with van der Waals surface area (Å²) in [5.74, 6) is 0.387. The van der Waals surface area contributed by atoms with Gasteiger partial charge in [-0.25, -0.2) is 0 Å². The fourth-order valence-electron chi connectivity index (χ4n) is 1.96. The van der Waals surface area contributed by atoms with Crippen LogP contribution in [0.25, 0.3) is 0 Å². The van der Waals surface area contributed by atoms with E-state index in [9.17, 15) is 9.90 Å². The van der Waals surface area contributed by atoms with Crippen molar-refractivity contribution in [2.75, 3.05) is 17.7 Å². The Morgan fingerprint density at radius 3 is 2.71 bits per heavy atom. The van der Waals surface area contributed by atoms with E-state index >= 15 is 0 Å². The van der Waals surface area contributed by atoms with Gasteiger partial charge in [0.15, 0.2) is 0 Å². The minimum Gasteiger partial charge on any atom is -0.508 e. The lowest BCUT2D eigenvalue weighted by molar-refractivity contribution is 0.102. The number of hydrogen-bond acceptors (Lipinski definition) is 4. The Balaban J connectivity index is 2.21. The number of amides is 1. The number of carbonyl (C=O) groups excluding carboxylic acids is 1. The van der Waals surface area contributed by atoms with Gasteiger partial charge >= 0.3 is 0 Å². The number of carbonyl (C=O) groups is 1. The zero-order valence-electron chi connectivity index (χ0n) is 12.0. The molecule has 0 bridgehead atoms. The molecule has 0 atom stereocenters. The number of benzene rings is 2. The van der Waals surface area contributed by atoms with Crippen molar-refractivity contribution in [3.63, 3.8) is 0 Å². The van der Waals surface area contributed by atoms with E-state index in [2.05, 4.69) is 5.32 Å². The van der Waals surface area contributed by atoms with Crippen LogP contribution in [0.1, 0.15) is 22.8 Å². The number of phenolic OH excluding ortho intramolecular Hbond substituents is 1. The van der Waals surface area contributed by atoms with Crippen molar-refractivity contribution < 1.29 is 14.6 Å². The van der Waals surface area contributed by atoms with Crippen molar-refractivity contribution in [3.05, 3.63) is 47.5 Å². The van der Waals surface area contributed by atoms with Gasteiger partial charge in [0, 0.05) is 11.4 Å². The molecule has 21 heavy (non-hydrogen) atoms. The highest BCUT2D eigenvalue weighted by Crippen LogP contribution is 2.24. The van der Waals surface area contributed by atoms with Gasteiger partial charge in [0.2, 0.25) is 0 Å². The Labute approximate surface area is 123 Å². The van der Waals surface area contributed by atoms with Crippen molar-refractivity contribution in [2.45, 2.75) is 13.8 Å². The summed E-state index contributed by atoms with van der Waals surface area (Å²) in [7, 11) is 0. The number of nitrogens with one attached hydrogen (secondary N) is 1. The van der Waals surface area contributed by atoms with Crippen molar-refractivity contribution in [2.24, 2.45) is 0 Å². The summed E-state index contributed by atoms with van der Waals surface area (Å²) < 4.78 is 5.40. The molecule has 0 aromatic heterocycles. The Morgan fingerprint density at radius 1 is 1.29 bits per heavy atom. The van der Waals surface area contributed by atoms with E-state index in [1.165, 1.54) is 18.2 Å². The molecule has 4 N–H and O–H groups in total. The molecule has 5 heteroatoms. The van der Waals surface area contributed by atoms with Gasteiger partial charge in [0.1, 0.15) is 11.5 Å². The van der Waals surface area contributed by atoms with E-state index in [1.807, 2.05) is 19.9 Å². The fraction of sp³-hybridized carbons (Fsp3) is 0.188. The van der Waals surface area contributed by atoms with Gasteiger partial charge < -0.3 is 20.9 Å². The first-order valence-electron chi connectivity index (χ1n) is 6.64. The highest BCUT2D eigenvalue weighted by Gasteiger charge is 2.12. The molecule has 1 amide bonds. The molecule has 0 radical (unpaired) electrons. The van der Waals surface area contributed by atoms with Crippen LogP contribution in [0.4, 0.5) is 11.4 Å². The number of aromatic hydroxyl groups is 1. The second-order valence-electron chi connectivity index (χ2n) is 4.64. The number of phenols is 1. The van der Waals surface area contributed by atoms with Crippen molar-refractivity contribution in [1.29, 1.82) is 0 Å². The van der Waals surface area contributed by atoms with Crippen LogP contribution < -0.4 is 15.8 Å². The van der Waals surface area contributed by atoms with Gasteiger partial charge in [-0.2, -0.15) is 0 Å². The van der Waals surface area contributed by atoms with Crippen LogP contribution in [0.15, 0.2) is 36.4 Å². The van der Waals surface area contributed by atoms with Crippen LogP contribution in [-0.2, 0) is 0 Å². The van der Waals surface area contributed by atoms with Gasteiger partial charge in [-0.3, -0.25) is 4.79 Å². The third-order valence-electron chi connectivity index (χ3n) is 3.04. The molecule has 2 rings (SSSR count). The average Bonchev–Trinajstić information content (AvgIpc) is 2.44. The first-order chi connectivity index (χ1) is 10.0. The summed E-state index contributed by atoms with van der Waals surface area (Å²) in [6.45, 7) is 4.38. The third-order valence-corrected chi connectivity index (χ3v) is 3.04. The summed E-state index contributed by atoms with van der Waals surface area (Å²) in [4.78, 5) is 12.2. The Hall–Kier alpha value is -2.69. The summed E-state index contributed by atoms with van der Waals surface area (Å²) >= 11 is 0. The van der Waals surface area contributed by atoms with Gasteiger partial charge in [0.25, 0.3) is 5.91 Å². The van der Waals surface area contributed by atoms with E-state index in [0.29, 0.717) is 18.0 Å². The Bertz CT molecular complexity index is 669. The number of anilines is 2. The predicted octanol–water partition coefficient (Wildman–Crippen LogP) is 2.93. The van der Waals surface area contributed by atoms with Crippen LogP contribution in [0.5, 0.6) is 11.5 Å². The molecule has 110 valence electrons. The number of rotatable bonds is 4. The van der Waals surface area contributed by atoms with E-state index < -0.39 is 0 Å². The summed E-state index contributed by atoms with van der Waals surface area (Å²) in [5.41, 5.74) is 7.86. The molecule has 0 aliphatic heterocycles. The Kier molecular flexibility index (Phi) is 4.33. The molecule has 2 aromatic carbocycles. The van der Waals surface area contributed by atoms with Gasteiger partial charge in [0.05, 0.1) is 12.2 Å². The average molecular weight is 286 g/mol. The summed E-state index contributed by atoms with van der Waals surface area (Å²) in [5, 5.41) is 12.2. The molecule has 0 saturated carbocycles. The maximum absolute atomic E-state index is 12.2. The lowest BCUT2D eigenvalue weighted by Gasteiger charge is -2.12. The topological polar surface area (TPSA) is 84.6 Å². The molecule has 2 aromatic rings. The van der Waals surface area contributed by atoms with Crippen LogP contribution in [0.3, 0.4) is 0 Å². The largest absolute Gasteiger partial charge is 0.508 e. The molecule has 5 nitrogen and oxygen atoms in total. The number of nitrogen functional groups attached to an aromatic ring is 1. The van der Waals surface area contributed by atoms with Gasteiger partial charge in [-0.05, 0) is 55.8 Å². The quantitative estimate of drug-likeness (QED) is 0.596. The lowest BCUT2D eigenvalue weighted by Crippen LogP contribution is -2.14. The number of aryl methyl sites for hydroxylation is 1. The maximum Gasteiger partial charge on any atom is 0.257 e. The predicted molar refractivity (Wildman–Crippen MR) is 82.8 cm³/mol. The van der Waals surface area contributed by atoms with E-state index in [-0.39, 0.29) is 17.2 Å². The standard InChI is InChI=1S/C16H18N2O3/c1-3-21-12-5-7-15(10(2)8-12)18-16(20)13-9-11(19)4-6-14(13)17/h4-9,19H,3,17H2,1-2H3,(H,18,20). The smallest absolute Gasteiger partial charge is 0.257 e. The lowest BCUT2D eigenvalue weighted by atomic mass is 10.1. The fourth-order valence-corrected chi connectivity index (χ4v) is 1.96. The van der Waals surface area contributed by atoms with Crippen molar-refractivity contribution in [1.82, 2.24) is 0 Å². The summed E-state index contributed by atoms with van der Waals surface area (Å²) in [6.07, 6.45) is 0. The highest BCUT2D eigenvalue weighted by molar-refractivity contribution is 6.08. The molecule has 0 spiro atoms. The highest BCUT2D eigenvalue weighted by atomic mass is 16.5. The zero-order chi connectivity index (χ0) is 15.4. The van der Waals surface area contributed by atoms with Crippen LogP contribution in [-0.4, -0.2) is 17.6 Å². The molecule has 0 unspecified atom stereocenters. The van der Waals surface area contributed by atoms with Crippen molar-refractivity contribution >= 4 is 17.3 Å². The normalized spacial score (nSPS) is 10.2. The van der Waals surface area contributed by atoms with Gasteiger partial charge in [-0.1, -0.05) is 0 Å². The van der Waals surface area contributed by atoms with Crippen LogP contribution >= 0.6 is 0 Å². The molecule has 0 aliphatic carbocycles. The maximum atomic E-state index is 12.2. The van der Waals surface area contributed by atoms with Crippen molar-refractivity contribution in [3.8, 4) is 11.5 Å². The molecule has 0 saturated heterocycles. The Morgan fingerprint density at radius 2 is 2.05 bits per heavy atom.